The van der Waals surface area contributed by atoms with Crippen LogP contribution in [0.15, 0.2) is 39.5 Å². The van der Waals surface area contributed by atoms with Gasteiger partial charge in [0, 0.05) is 43.8 Å². The van der Waals surface area contributed by atoms with Crippen LogP contribution in [0.1, 0.15) is 40.4 Å². The monoisotopic (exact) mass is 358 g/mol. The molecule has 1 fully saturated rings. The molecular formula is C19H22N2O5. The maximum atomic E-state index is 12.9. The second-order valence-electron chi connectivity index (χ2n) is 7.01. The fourth-order valence-electron chi connectivity index (χ4n) is 4.31. The second-order valence-corrected chi connectivity index (χ2v) is 7.01. The maximum Gasteiger partial charge on any atom is 0.289 e. The Morgan fingerprint density at radius 1 is 1.31 bits per heavy atom. The van der Waals surface area contributed by atoms with Gasteiger partial charge in [-0.05, 0) is 24.6 Å². The smallest absolute Gasteiger partial charge is 0.289 e. The standard InChI is InChI=1S/C19H22N2O5/c1-25-11-14-5-6-17(26-14)19(24)20-8-12-7-13(9-20)16(10-22)21-15(12)3-2-4-18(21)23/h2-6,12-13,16,22H,7-11H2,1H3/t12-,13+,16+/m1/s1. The van der Waals surface area contributed by atoms with Crippen LogP contribution in [0.3, 0.4) is 0 Å². The van der Waals surface area contributed by atoms with Crippen LogP contribution in [0.2, 0.25) is 0 Å². The van der Waals surface area contributed by atoms with Gasteiger partial charge in [-0.25, -0.2) is 0 Å². The summed E-state index contributed by atoms with van der Waals surface area (Å²) in [5.41, 5.74) is 0.802. The Morgan fingerprint density at radius 3 is 2.92 bits per heavy atom. The van der Waals surface area contributed by atoms with Crippen molar-refractivity contribution >= 4 is 5.91 Å². The van der Waals surface area contributed by atoms with Crippen molar-refractivity contribution < 1.29 is 19.1 Å². The number of amides is 1. The van der Waals surface area contributed by atoms with Crippen LogP contribution in [0.5, 0.6) is 0 Å². The lowest BCUT2D eigenvalue weighted by atomic mass is 9.78. The van der Waals surface area contributed by atoms with Crippen molar-refractivity contribution in [1.82, 2.24) is 9.47 Å². The lowest BCUT2D eigenvalue weighted by Crippen LogP contribution is -2.51. The Morgan fingerprint density at radius 2 is 2.15 bits per heavy atom. The van der Waals surface area contributed by atoms with Crippen LogP contribution < -0.4 is 5.56 Å². The Bertz CT molecular complexity index is 871. The van der Waals surface area contributed by atoms with E-state index >= 15 is 0 Å². The Balaban J connectivity index is 1.63. The van der Waals surface area contributed by atoms with Crippen molar-refractivity contribution in [2.24, 2.45) is 5.92 Å². The number of carbonyl (C=O) groups is 1. The number of fused-ring (bicyclic) bond motifs is 4. The number of aliphatic hydroxyl groups excluding tert-OH is 1. The van der Waals surface area contributed by atoms with Crippen LogP contribution in [0.4, 0.5) is 0 Å². The zero-order chi connectivity index (χ0) is 18.3. The first-order chi connectivity index (χ1) is 12.6. The molecular weight excluding hydrogens is 336 g/mol. The number of carbonyl (C=O) groups excluding carboxylic acids is 1. The largest absolute Gasteiger partial charge is 0.453 e. The van der Waals surface area contributed by atoms with Crippen LogP contribution in [0.25, 0.3) is 0 Å². The van der Waals surface area contributed by atoms with Gasteiger partial charge in [-0.1, -0.05) is 6.07 Å². The summed E-state index contributed by atoms with van der Waals surface area (Å²) in [7, 11) is 1.57. The first-order valence-electron chi connectivity index (χ1n) is 8.81. The third-order valence-electron chi connectivity index (χ3n) is 5.43. The molecule has 1 amide bonds. The number of rotatable bonds is 4. The summed E-state index contributed by atoms with van der Waals surface area (Å²) in [6, 6.07) is 8.30. The number of likely N-dealkylation sites (tertiary alicyclic amines) is 1. The molecule has 3 atom stereocenters. The van der Waals surface area contributed by atoms with Crippen molar-refractivity contribution in [2.75, 3.05) is 26.8 Å². The number of pyridine rings is 1. The molecule has 26 heavy (non-hydrogen) atoms. The predicted octanol–water partition coefficient (Wildman–Crippen LogP) is 1.38. The van der Waals surface area contributed by atoms with Gasteiger partial charge in [0.2, 0.25) is 0 Å². The van der Waals surface area contributed by atoms with Crippen molar-refractivity contribution in [3.8, 4) is 0 Å². The summed E-state index contributed by atoms with van der Waals surface area (Å²) in [4.78, 5) is 27.0. The van der Waals surface area contributed by atoms with Crippen LogP contribution >= 0.6 is 0 Å². The summed E-state index contributed by atoms with van der Waals surface area (Å²) in [5, 5.41) is 9.88. The summed E-state index contributed by atoms with van der Waals surface area (Å²) in [5.74, 6) is 0.873. The molecule has 4 rings (SSSR count). The van der Waals surface area contributed by atoms with E-state index in [0.29, 0.717) is 31.2 Å². The molecule has 0 aromatic carbocycles. The lowest BCUT2D eigenvalue weighted by Gasteiger charge is -2.46. The SMILES string of the molecule is COCc1ccc(C(=O)N2C[C@H]3C[C@@H](C2)[C@H](CO)n2c3cccc2=O)o1. The number of hydrogen-bond acceptors (Lipinski definition) is 5. The number of aromatic nitrogens is 1. The molecule has 0 spiro atoms. The van der Waals surface area contributed by atoms with Gasteiger partial charge in [0.15, 0.2) is 5.76 Å². The fraction of sp³-hybridized carbons (Fsp3) is 0.474. The number of methoxy groups -OCH3 is 1. The third-order valence-corrected chi connectivity index (χ3v) is 5.43. The quantitative estimate of drug-likeness (QED) is 0.893. The highest BCUT2D eigenvalue weighted by molar-refractivity contribution is 5.91. The third kappa shape index (κ3) is 2.77. The van der Waals surface area contributed by atoms with E-state index in [0.717, 1.165) is 12.1 Å². The normalized spacial score (nSPS) is 24.4. The van der Waals surface area contributed by atoms with Gasteiger partial charge in [-0.3, -0.25) is 9.59 Å². The Hall–Kier alpha value is -2.38. The van der Waals surface area contributed by atoms with E-state index < -0.39 is 0 Å². The van der Waals surface area contributed by atoms with E-state index in [1.807, 2.05) is 6.07 Å². The number of furan rings is 1. The molecule has 7 heteroatoms. The van der Waals surface area contributed by atoms with E-state index in [2.05, 4.69) is 0 Å². The number of piperidine rings is 1. The highest BCUT2D eigenvalue weighted by Crippen LogP contribution is 2.41. The molecule has 7 nitrogen and oxygen atoms in total. The number of aliphatic hydroxyl groups is 1. The first kappa shape index (κ1) is 17.1. The molecule has 138 valence electrons. The summed E-state index contributed by atoms with van der Waals surface area (Å²) >= 11 is 0. The van der Waals surface area contributed by atoms with Gasteiger partial charge in [0.05, 0.1) is 12.6 Å². The molecule has 2 bridgehead atoms. The average Bonchev–Trinajstić information content (AvgIpc) is 3.11. The molecule has 2 aromatic rings. The fourth-order valence-corrected chi connectivity index (χ4v) is 4.31. The lowest BCUT2D eigenvalue weighted by molar-refractivity contribution is 0.0409. The predicted molar refractivity (Wildman–Crippen MR) is 93.0 cm³/mol. The molecule has 2 aliphatic heterocycles. The highest BCUT2D eigenvalue weighted by atomic mass is 16.5. The zero-order valence-corrected chi connectivity index (χ0v) is 14.6. The van der Waals surface area contributed by atoms with E-state index in [-0.39, 0.29) is 36.0 Å². The van der Waals surface area contributed by atoms with Gasteiger partial charge in [0.25, 0.3) is 11.5 Å². The molecule has 0 saturated carbocycles. The average molecular weight is 358 g/mol. The Labute approximate surface area is 150 Å². The number of hydrogen-bond donors (Lipinski definition) is 1. The molecule has 0 radical (unpaired) electrons. The molecule has 0 unspecified atom stereocenters. The summed E-state index contributed by atoms with van der Waals surface area (Å²) < 4.78 is 12.3. The molecule has 1 saturated heterocycles. The molecule has 1 N–H and O–H groups in total. The number of nitrogens with zero attached hydrogens (tertiary/aromatic N) is 2. The van der Waals surface area contributed by atoms with Crippen LogP contribution in [-0.4, -0.2) is 47.3 Å². The minimum absolute atomic E-state index is 0.0451. The summed E-state index contributed by atoms with van der Waals surface area (Å²) in [6.45, 7) is 1.25. The first-order valence-corrected chi connectivity index (χ1v) is 8.81. The van der Waals surface area contributed by atoms with E-state index in [9.17, 15) is 14.7 Å². The van der Waals surface area contributed by atoms with Crippen molar-refractivity contribution in [1.29, 1.82) is 0 Å². The van der Waals surface area contributed by atoms with Crippen LogP contribution in [0, 0.1) is 5.92 Å². The molecule has 4 heterocycles. The highest BCUT2D eigenvalue weighted by Gasteiger charge is 2.42. The van der Waals surface area contributed by atoms with Gasteiger partial charge in [-0.2, -0.15) is 0 Å². The maximum absolute atomic E-state index is 12.9. The van der Waals surface area contributed by atoms with Gasteiger partial charge < -0.3 is 23.7 Å². The van der Waals surface area contributed by atoms with Crippen molar-refractivity contribution in [3.63, 3.8) is 0 Å². The minimum Gasteiger partial charge on any atom is -0.453 e. The minimum atomic E-state index is -0.300. The van der Waals surface area contributed by atoms with E-state index in [1.54, 1.807) is 34.8 Å². The summed E-state index contributed by atoms with van der Waals surface area (Å²) in [6.07, 6.45) is 0.867. The Kier molecular flexibility index (Phi) is 4.42. The molecule has 2 aromatic heterocycles. The molecule has 2 aliphatic rings. The van der Waals surface area contributed by atoms with E-state index in [4.69, 9.17) is 9.15 Å². The van der Waals surface area contributed by atoms with Gasteiger partial charge >= 0.3 is 0 Å². The van der Waals surface area contributed by atoms with Gasteiger partial charge in [-0.15, -0.1) is 0 Å². The second kappa shape index (κ2) is 6.74. The van der Waals surface area contributed by atoms with Gasteiger partial charge in [0.1, 0.15) is 12.4 Å². The zero-order valence-electron chi connectivity index (χ0n) is 14.6. The topological polar surface area (TPSA) is 84.9 Å². The van der Waals surface area contributed by atoms with E-state index in [1.165, 1.54) is 6.07 Å². The number of ether oxygens (including phenoxy) is 1. The van der Waals surface area contributed by atoms with Crippen molar-refractivity contribution in [3.05, 3.63) is 57.9 Å². The van der Waals surface area contributed by atoms with Crippen molar-refractivity contribution in [2.45, 2.75) is 25.0 Å². The van der Waals surface area contributed by atoms with Crippen LogP contribution in [-0.2, 0) is 11.3 Å². The molecule has 0 aliphatic carbocycles.